The first kappa shape index (κ1) is 14.1. The van der Waals surface area contributed by atoms with E-state index in [0.717, 1.165) is 16.9 Å². The fourth-order valence-corrected chi connectivity index (χ4v) is 2.11. The normalized spacial score (nSPS) is 11.7. The van der Waals surface area contributed by atoms with Crippen LogP contribution in [-0.2, 0) is 0 Å². The molecule has 0 bridgehead atoms. The summed E-state index contributed by atoms with van der Waals surface area (Å²) in [4.78, 5) is 2.11. The molecule has 0 radical (unpaired) electrons. The van der Waals surface area contributed by atoms with E-state index in [1.807, 2.05) is 54.6 Å². The molecule has 2 aromatic carbocycles. The SMILES string of the molecule is C[C@H](O)c1ccc(N(CCC#N)c2ccccc2)cc1. The van der Waals surface area contributed by atoms with Gasteiger partial charge < -0.3 is 10.0 Å². The monoisotopic (exact) mass is 266 g/mol. The summed E-state index contributed by atoms with van der Waals surface area (Å²) in [6.45, 7) is 2.40. The Morgan fingerprint density at radius 3 is 2.20 bits per heavy atom. The van der Waals surface area contributed by atoms with Gasteiger partial charge in [-0.3, -0.25) is 0 Å². The molecule has 0 heterocycles. The highest BCUT2D eigenvalue weighted by Gasteiger charge is 2.09. The van der Waals surface area contributed by atoms with Gasteiger partial charge in [-0.1, -0.05) is 30.3 Å². The van der Waals surface area contributed by atoms with Gasteiger partial charge in [-0.15, -0.1) is 0 Å². The summed E-state index contributed by atoms with van der Waals surface area (Å²) < 4.78 is 0. The molecule has 0 fully saturated rings. The maximum absolute atomic E-state index is 9.55. The molecule has 0 saturated heterocycles. The van der Waals surface area contributed by atoms with Crippen molar-refractivity contribution in [3.8, 4) is 6.07 Å². The van der Waals surface area contributed by atoms with Gasteiger partial charge >= 0.3 is 0 Å². The van der Waals surface area contributed by atoms with E-state index in [9.17, 15) is 5.11 Å². The van der Waals surface area contributed by atoms with Crippen LogP contribution in [0.4, 0.5) is 11.4 Å². The van der Waals surface area contributed by atoms with Crippen LogP contribution in [0.5, 0.6) is 0 Å². The highest BCUT2D eigenvalue weighted by atomic mass is 16.3. The predicted molar refractivity (Wildman–Crippen MR) is 80.8 cm³/mol. The second-order valence-electron chi connectivity index (χ2n) is 4.66. The van der Waals surface area contributed by atoms with E-state index in [1.165, 1.54) is 0 Å². The molecule has 2 aromatic rings. The van der Waals surface area contributed by atoms with Crippen LogP contribution in [0, 0.1) is 11.3 Å². The minimum atomic E-state index is -0.465. The summed E-state index contributed by atoms with van der Waals surface area (Å²) in [5.74, 6) is 0. The van der Waals surface area contributed by atoms with E-state index in [2.05, 4.69) is 11.0 Å². The second-order valence-corrected chi connectivity index (χ2v) is 4.66. The topological polar surface area (TPSA) is 47.3 Å². The molecule has 3 heteroatoms. The number of benzene rings is 2. The Kier molecular flexibility index (Phi) is 4.75. The number of hydrogen-bond donors (Lipinski definition) is 1. The summed E-state index contributed by atoms with van der Waals surface area (Å²) in [6.07, 6.45) is 0.000820. The van der Waals surface area contributed by atoms with Crippen molar-refractivity contribution in [3.63, 3.8) is 0 Å². The van der Waals surface area contributed by atoms with Crippen LogP contribution in [-0.4, -0.2) is 11.7 Å². The average Bonchev–Trinajstić information content (AvgIpc) is 2.49. The Bertz CT molecular complexity index is 570. The lowest BCUT2D eigenvalue weighted by Gasteiger charge is -2.24. The summed E-state index contributed by atoms with van der Waals surface area (Å²) >= 11 is 0. The van der Waals surface area contributed by atoms with Gasteiger partial charge in [0.15, 0.2) is 0 Å². The summed E-state index contributed by atoms with van der Waals surface area (Å²) in [6, 6.07) is 20.0. The molecular weight excluding hydrogens is 248 g/mol. The summed E-state index contributed by atoms with van der Waals surface area (Å²) in [7, 11) is 0. The smallest absolute Gasteiger partial charge is 0.0761 e. The third-order valence-electron chi connectivity index (χ3n) is 3.20. The second kappa shape index (κ2) is 6.74. The Balaban J connectivity index is 2.29. The maximum Gasteiger partial charge on any atom is 0.0761 e. The van der Waals surface area contributed by atoms with Gasteiger partial charge in [-0.25, -0.2) is 0 Å². The lowest BCUT2D eigenvalue weighted by atomic mass is 10.1. The molecule has 102 valence electrons. The van der Waals surface area contributed by atoms with Crippen LogP contribution in [0.15, 0.2) is 54.6 Å². The van der Waals surface area contributed by atoms with Crippen LogP contribution in [0.3, 0.4) is 0 Å². The predicted octanol–water partition coefficient (Wildman–Crippen LogP) is 3.79. The number of anilines is 2. The number of aliphatic hydroxyl groups excluding tert-OH is 1. The Morgan fingerprint density at radius 1 is 1.05 bits per heavy atom. The van der Waals surface area contributed by atoms with Crippen molar-refractivity contribution in [2.45, 2.75) is 19.4 Å². The van der Waals surface area contributed by atoms with E-state index in [1.54, 1.807) is 6.92 Å². The molecular formula is C17H18N2O. The first-order chi connectivity index (χ1) is 9.72. The fourth-order valence-electron chi connectivity index (χ4n) is 2.11. The number of aliphatic hydroxyl groups is 1. The number of hydrogen-bond acceptors (Lipinski definition) is 3. The fraction of sp³-hybridized carbons (Fsp3) is 0.235. The number of rotatable bonds is 5. The zero-order valence-corrected chi connectivity index (χ0v) is 11.5. The van der Waals surface area contributed by atoms with Crippen molar-refractivity contribution in [2.24, 2.45) is 0 Å². The largest absolute Gasteiger partial charge is 0.389 e. The van der Waals surface area contributed by atoms with Gasteiger partial charge in [-0.2, -0.15) is 5.26 Å². The van der Waals surface area contributed by atoms with E-state index in [4.69, 9.17) is 5.26 Å². The van der Waals surface area contributed by atoms with Crippen molar-refractivity contribution in [2.75, 3.05) is 11.4 Å². The Labute approximate surface area is 119 Å². The van der Waals surface area contributed by atoms with Crippen molar-refractivity contribution in [1.82, 2.24) is 0 Å². The van der Waals surface area contributed by atoms with E-state index < -0.39 is 6.10 Å². The van der Waals surface area contributed by atoms with E-state index >= 15 is 0 Å². The Hall–Kier alpha value is -2.31. The molecule has 0 amide bonds. The van der Waals surface area contributed by atoms with Gasteiger partial charge in [-0.05, 0) is 36.8 Å². The molecule has 0 aliphatic heterocycles. The third-order valence-corrected chi connectivity index (χ3v) is 3.20. The lowest BCUT2D eigenvalue weighted by molar-refractivity contribution is 0.199. The van der Waals surface area contributed by atoms with Gasteiger partial charge in [0.2, 0.25) is 0 Å². The first-order valence-corrected chi connectivity index (χ1v) is 6.70. The van der Waals surface area contributed by atoms with Crippen LogP contribution in [0.25, 0.3) is 0 Å². The molecule has 1 atom stereocenters. The summed E-state index contributed by atoms with van der Waals surface area (Å²) in [5.41, 5.74) is 2.98. The third kappa shape index (κ3) is 3.37. The zero-order chi connectivity index (χ0) is 14.4. The Morgan fingerprint density at radius 2 is 1.65 bits per heavy atom. The molecule has 0 unspecified atom stereocenters. The van der Waals surface area contributed by atoms with Gasteiger partial charge in [0, 0.05) is 17.9 Å². The number of nitrogens with zero attached hydrogens (tertiary/aromatic N) is 2. The van der Waals surface area contributed by atoms with Crippen LogP contribution >= 0.6 is 0 Å². The van der Waals surface area contributed by atoms with Crippen LogP contribution in [0.2, 0.25) is 0 Å². The highest BCUT2D eigenvalue weighted by Crippen LogP contribution is 2.26. The number of para-hydroxylation sites is 1. The van der Waals surface area contributed by atoms with E-state index in [0.29, 0.717) is 13.0 Å². The molecule has 3 nitrogen and oxygen atoms in total. The van der Waals surface area contributed by atoms with Crippen LogP contribution < -0.4 is 4.90 Å². The standard InChI is InChI=1S/C17H18N2O/c1-14(20)15-8-10-17(11-9-15)19(13-5-12-18)16-6-3-2-4-7-16/h2-4,6-11,14,20H,5,13H2,1H3/t14-/m0/s1. The molecule has 0 aliphatic carbocycles. The first-order valence-electron chi connectivity index (χ1n) is 6.70. The summed E-state index contributed by atoms with van der Waals surface area (Å²) in [5, 5.41) is 18.4. The van der Waals surface area contributed by atoms with Crippen molar-refractivity contribution in [3.05, 3.63) is 60.2 Å². The molecule has 0 saturated carbocycles. The number of nitriles is 1. The maximum atomic E-state index is 9.55. The highest BCUT2D eigenvalue weighted by molar-refractivity contribution is 5.63. The molecule has 2 rings (SSSR count). The molecule has 0 aromatic heterocycles. The van der Waals surface area contributed by atoms with Gasteiger partial charge in [0.25, 0.3) is 0 Å². The minimum Gasteiger partial charge on any atom is -0.389 e. The van der Waals surface area contributed by atoms with Crippen molar-refractivity contribution < 1.29 is 5.11 Å². The molecule has 1 N–H and O–H groups in total. The average molecular weight is 266 g/mol. The van der Waals surface area contributed by atoms with Crippen molar-refractivity contribution >= 4 is 11.4 Å². The van der Waals surface area contributed by atoms with Gasteiger partial charge in [0.1, 0.15) is 0 Å². The minimum absolute atomic E-state index is 0.465. The lowest BCUT2D eigenvalue weighted by Crippen LogP contribution is -2.18. The molecule has 20 heavy (non-hydrogen) atoms. The van der Waals surface area contributed by atoms with Gasteiger partial charge in [0.05, 0.1) is 18.6 Å². The van der Waals surface area contributed by atoms with Crippen molar-refractivity contribution in [1.29, 1.82) is 5.26 Å². The molecule has 0 spiro atoms. The van der Waals surface area contributed by atoms with E-state index in [-0.39, 0.29) is 0 Å². The molecule has 0 aliphatic rings. The quantitative estimate of drug-likeness (QED) is 0.895. The van der Waals surface area contributed by atoms with Crippen LogP contribution in [0.1, 0.15) is 25.0 Å². The zero-order valence-electron chi connectivity index (χ0n) is 11.5.